The van der Waals surface area contributed by atoms with Crippen LogP contribution in [-0.4, -0.2) is 61.9 Å². The van der Waals surface area contributed by atoms with Gasteiger partial charge in [-0.3, -0.25) is 4.90 Å². The highest BCUT2D eigenvalue weighted by Crippen LogP contribution is 2.39. The molecule has 2 aliphatic rings. The number of hydrogen-bond acceptors (Lipinski definition) is 7. The molecule has 0 amide bonds. The van der Waals surface area contributed by atoms with Gasteiger partial charge in [0.05, 0.1) is 45.2 Å². The van der Waals surface area contributed by atoms with Crippen molar-refractivity contribution in [3.63, 3.8) is 0 Å². The molecule has 0 aromatic heterocycles. The SMILES string of the molecule is CC1(C)OC[C@H]([C@@H](OCc2ccccc2)[C@@H](C[C@](C#N)(c2cccc(Cl)c2)N2CCOCC2)OCc2ccccc2)O1. The second-order valence-electron chi connectivity index (χ2n) is 11.2. The van der Waals surface area contributed by atoms with Gasteiger partial charge in [0.25, 0.3) is 0 Å². The van der Waals surface area contributed by atoms with Crippen molar-refractivity contribution >= 4 is 11.6 Å². The second-order valence-corrected chi connectivity index (χ2v) is 11.7. The zero-order valence-electron chi connectivity index (χ0n) is 24.3. The molecule has 0 unspecified atom stereocenters. The number of rotatable bonds is 12. The third-order valence-corrected chi connectivity index (χ3v) is 8.13. The molecule has 42 heavy (non-hydrogen) atoms. The summed E-state index contributed by atoms with van der Waals surface area (Å²) in [4.78, 5) is 2.19. The van der Waals surface area contributed by atoms with E-state index in [-0.39, 0.29) is 0 Å². The van der Waals surface area contributed by atoms with Crippen LogP contribution in [0.1, 0.15) is 37.0 Å². The van der Waals surface area contributed by atoms with Gasteiger partial charge in [0.2, 0.25) is 0 Å². The quantitative estimate of drug-likeness (QED) is 0.252. The highest BCUT2D eigenvalue weighted by atomic mass is 35.5. The third kappa shape index (κ3) is 7.58. The van der Waals surface area contributed by atoms with Crippen molar-refractivity contribution in [3.8, 4) is 6.07 Å². The van der Waals surface area contributed by atoms with E-state index in [9.17, 15) is 5.26 Å². The molecular formula is C34H39ClN2O5. The fourth-order valence-corrected chi connectivity index (χ4v) is 5.93. The lowest BCUT2D eigenvalue weighted by molar-refractivity contribution is -0.184. The first-order chi connectivity index (χ1) is 20.4. The number of ether oxygens (including phenoxy) is 5. The molecule has 8 heteroatoms. The van der Waals surface area contributed by atoms with Gasteiger partial charge in [0, 0.05) is 24.5 Å². The van der Waals surface area contributed by atoms with Crippen molar-refractivity contribution in [2.24, 2.45) is 0 Å². The molecule has 2 fully saturated rings. The van der Waals surface area contributed by atoms with E-state index in [1.807, 2.05) is 98.8 Å². The Morgan fingerprint density at radius 3 is 2.17 bits per heavy atom. The van der Waals surface area contributed by atoms with Crippen molar-refractivity contribution in [1.29, 1.82) is 5.26 Å². The fraction of sp³-hybridized carbons (Fsp3) is 0.441. The van der Waals surface area contributed by atoms with Gasteiger partial charge in [-0.05, 0) is 42.7 Å². The van der Waals surface area contributed by atoms with Gasteiger partial charge in [0.15, 0.2) is 5.79 Å². The molecular weight excluding hydrogens is 552 g/mol. The Kier molecular flexibility index (Phi) is 10.3. The molecule has 4 atom stereocenters. The van der Waals surface area contributed by atoms with Gasteiger partial charge in [-0.25, -0.2) is 0 Å². The van der Waals surface area contributed by atoms with Gasteiger partial charge in [-0.15, -0.1) is 0 Å². The van der Waals surface area contributed by atoms with E-state index in [0.717, 1.165) is 16.7 Å². The predicted octanol–water partition coefficient (Wildman–Crippen LogP) is 6.10. The van der Waals surface area contributed by atoms with Crippen molar-refractivity contribution in [2.75, 3.05) is 32.9 Å². The van der Waals surface area contributed by atoms with E-state index in [4.69, 9.17) is 35.3 Å². The van der Waals surface area contributed by atoms with Gasteiger partial charge in [0.1, 0.15) is 17.7 Å². The number of hydrogen-bond donors (Lipinski definition) is 0. The first-order valence-electron chi connectivity index (χ1n) is 14.5. The average Bonchev–Trinajstić information content (AvgIpc) is 3.38. The average molecular weight is 591 g/mol. The van der Waals surface area contributed by atoms with E-state index < -0.39 is 29.6 Å². The summed E-state index contributed by atoms with van der Waals surface area (Å²) in [5.74, 6) is -0.757. The Balaban J connectivity index is 1.54. The normalized spacial score (nSPS) is 21.7. The molecule has 0 aliphatic carbocycles. The van der Waals surface area contributed by atoms with Crippen LogP contribution in [0, 0.1) is 11.3 Å². The Bertz CT molecular complexity index is 1310. The van der Waals surface area contributed by atoms with Gasteiger partial charge in [-0.1, -0.05) is 84.4 Å². The Hall–Kier alpha value is -2.80. The van der Waals surface area contributed by atoms with Gasteiger partial charge in [-0.2, -0.15) is 5.26 Å². The maximum absolute atomic E-state index is 11.0. The van der Waals surface area contributed by atoms with Crippen LogP contribution in [0.5, 0.6) is 0 Å². The maximum Gasteiger partial charge on any atom is 0.163 e. The third-order valence-electron chi connectivity index (χ3n) is 7.89. The highest BCUT2D eigenvalue weighted by molar-refractivity contribution is 6.30. The summed E-state index contributed by atoms with van der Waals surface area (Å²) < 4.78 is 31.5. The Morgan fingerprint density at radius 1 is 0.952 bits per heavy atom. The van der Waals surface area contributed by atoms with Crippen LogP contribution < -0.4 is 0 Å². The minimum absolute atomic E-state index is 0.330. The smallest absolute Gasteiger partial charge is 0.163 e. The number of nitriles is 1. The second kappa shape index (κ2) is 14.1. The molecule has 7 nitrogen and oxygen atoms in total. The zero-order valence-corrected chi connectivity index (χ0v) is 25.0. The summed E-state index contributed by atoms with van der Waals surface area (Å²) in [7, 11) is 0. The summed E-state index contributed by atoms with van der Waals surface area (Å²) in [6.45, 7) is 7.18. The van der Waals surface area contributed by atoms with Crippen LogP contribution in [0.3, 0.4) is 0 Å². The minimum Gasteiger partial charge on any atom is -0.379 e. The van der Waals surface area contributed by atoms with E-state index in [0.29, 0.717) is 57.6 Å². The minimum atomic E-state index is -1.04. The molecule has 0 N–H and O–H groups in total. The van der Waals surface area contributed by atoms with Crippen molar-refractivity contribution in [2.45, 2.75) is 63.1 Å². The maximum atomic E-state index is 11.0. The molecule has 2 heterocycles. The Morgan fingerprint density at radius 2 is 1.60 bits per heavy atom. The number of nitrogens with zero attached hydrogens (tertiary/aromatic N) is 2. The van der Waals surface area contributed by atoms with Crippen LogP contribution in [0.4, 0.5) is 0 Å². The summed E-state index contributed by atoms with van der Waals surface area (Å²) in [5, 5.41) is 11.6. The van der Waals surface area contributed by atoms with E-state index in [1.165, 1.54) is 0 Å². The first-order valence-corrected chi connectivity index (χ1v) is 14.9. The zero-order chi connectivity index (χ0) is 29.4. The predicted molar refractivity (Wildman–Crippen MR) is 161 cm³/mol. The molecule has 222 valence electrons. The van der Waals surface area contributed by atoms with Crippen LogP contribution >= 0.6 is 11.6 Å². The standard InChI is InChI=1S/C34H39ClN2O5/c1-33(2)41-24-31(42-33)32(40-23-27-12-7-4-8-13-27)30(39-22-26-10-5-3-6-11-26)21-34(25-36,37-16-18-38-19-17-37)28-14-9-15-29(35)20-28/h3-15,20,30-32H,16-19,21-24H2,1-2H3/t30-,31-,32+,34+/m1/s1. The van der Waals surface area contributed by atoms with Crippen molar-refractivity contribution < 1.29 is 23.7 Å². The topological polar surface area (TPSA) is 73.2 Å². The van der Waals surface area contributed by atoms with Crippen LogP contribution in [0.2, 0.25) is 5.02 Å². The lowest BCUT2D eigenvalue weighted by Gasteiger charge is -2.44. The summed E-state index contributed by atoms with van der Waals surface area (Å²) >= 11 is 6.49. The van der Waals surface area contributed by atoms with Crippen LogP contribution in [0.15, 0.2) is 84.9 Å². The van der Waals surface area contributed by atoms with Crippen LogP contribution in [-0.2, 0) is 42.4 Å². The highest BCUT2D eigenvalue weighted by Gasteiger charge is 2.48. The molecule has 0 radical (unpaired) electrons. The van der Waals surface area contributed by atoms with Gasteiger partial charge >= 0.3 is 0 Å². The monoisotopic (exact) mass is 590 g/mol. The molecule has 5 rings (SSSR count). The number of benzene rings is 3. The van der Waals surface area contributed by atoms with E-state index >= 15 is 0 Å². The molecule has 2 saturated heterocycles. The fourth-order valence-electron chi connectivity index (χ4n) is 5.74. The van der Waals surface area contributed by atoms with Crippen molar-refractivity contribution in [3.05, 3.63) is 107 Å². The lowest BCUT2D eigenvalue weighted by atomic mass is 9.81. The molecule has 0 spiro atoms. The molecule has 3 aromatic carbocycles. The summed E-state index contributed by atoms with van der Waals surface area (Å²) in [5.41, 5.74) is 1.85. The molecule has 2 aliphatic heterocycles. The molecule has 0 bridgehead atoms. The van der Waals surface area contributed by atoms with Gasteiger partial charge < -0.3 is 23.7 Å². The summed E-state index contributed by atoms with van der Waals surface area (Å²) in [6.07, 6.45) is -1.12. The summed E-state index contributed by atoms with van der Waals surface area (Å²) in [6, 6.07) is 30.3. The van der Waals surface area contributed by atoms with E-state index in [1.54, 1.807) is 0 Å². The lowest BCUT2D eigenvalue weighted by Crippen LogP contribution is -2.55. The number of morpholine rings is 1. The molecule has 3 aromatic rings. The molecule has 0 saturated carbocycles. The Labute approximate surface area is 253 Å². The van der Waals surface area contributed by atoms with Crippen LogP contribution in [0.25, 0.3) is 0 Å². The number of halogens is 1. The van der Waals surface area contributed by atoms with Crippen molar-refractivity contribution in [1.82, 2.24) is 4.90 Å². The first kappa shape index (κ1) is 30.7. The van der Waals surface area contributed by atoms with E-state index in [2.05, 4.69) is 11.0 Å². The largest absolute Gasteiger partial charge is 0.379 e.